The minimum absolute atomic E-state index is 0.407. The lowest BCUT2D eigenvalue weighted by molar-refractivity contribution is 0.556. The Kier molecular flexibility index (Phi) is 3.97. The van der Waals surface area contributed by atoms with Crippen molar-refractivity contribution in [2.24, 2.45) is 7.05 Å². The zero-order valence-corrected chi connectivity index (χ0v) is 11.4. The fourth-order valence-electron chi connectivity index (χ4n) is 2.06. The number of aryl methyl sites for hydroxylation is 2. The fourth-order valence-corrected chi connectivity index (χ4v) is 3.06. The van der Waals surface area contributed by atoms with E-state index in [0.29, 0.717) is 6.04 Å². The lowest BCUT2D eigenvalue weighted by Crippen LogP contribution is -2.22. The first-order valence-corrected chi connectivity index (χ1v) is 6.83. The summed E-state index contributed by atoms with van der Waals surface area (Å²) in [7, 11) is 1.96. The Bertz CT molecular complexity index is 472. The maximum atomic E-state index is 4.23. The molecule has 0 aliphatic heterocycles. The number of likely N-dealkylation sites (N-methyl/N-ethyl adjacent to an activating group) is 1. The lowest BCUT2D eigenvalue weighted by Gasteiger charge is -2.16. The first kappa shape index (κ1) is 12.3. The monoisotopic (exact) mass is 249 g/mol. The van der Waals surface area contributed by atoms with Gasteiger partial charge in [0.2, 0.25) is 0 Å². The van der Waals surface area contributed by atoms with Crippen LogP contribution in [-0.2, 0) is 13.5 Å². The zero-order chi connectivity index (χ0) is 12.3. The molecule has 0 spiro atoms. The van der Waals surface area contributed by atoms with Crippen molar-refractivity contribution in [1.29, 1.82) is 0 Å². The molecule has 0 radical (unpaired) electrons. The summed E-state index contributed by atoms with van der Waals surface area (Å²) in [5.74, 6) is 0. The van der Waals surface area contributed by atoms with Gasteiger partial charge in [-0.3, -0.25) is 4.68 Å². The highest BCUT2D eigenvalue weighted by atomic mass is 32.1. The Labute approximate surface area is 106 Å². The van der Waals surface area contributed by atoms with E-state index in [9.17, 15) is 0 Å². The highest BCUT2D eigenvalue weighted by molar-refractivity contribution is 7.10. The summed E-state index contributed by atoms with van der Waals surface area (Å²) in [5.41, 5.74) is 2.66. The summed E-state index contributed by atoms with van der Waals surface area (Å²) < 4.78 is 1.86. The maximum Gasteiger partial charge on any atom is 0.0522 e. The number of aromatic nitrogens is 2. The molecule has 0 saturated heterocycles. The predicted molar refractivity (Wildman–Crippen MR) is 72.4 cm³/mol. The molecule has 0 aromatic carbocycles. The van der Waals surface area contributed by atoms with Gasteiger partial charge in [0, 0.05) is 24.2 Å². The molecule has 4 heteroatoms. The molecule has 2 aromatic heterocycles. The van der Waals surface area contributed by atoms with Gasteiger partial charge in [-0.15, -0.1) is 11.3 Å². The minimum atomic E-state index is 0.407. The van der Waals surface area contributed by atoms with Gasteiger partial charge in [0.1, 0.15) is 0 Å². The number of thiophene rings is 1. The average Bonchev–Trinajstić information content (AvgIpc) is 2.87. The molecule has 0 amide bonds. The van der Waals surface area contributed by atoms with Crippen molar-refractivity contribution < 1.29 is 0 Å². The van der Waals surface area contributed by atoms with Gasteiger partial charge in [0.25, 0.3) is 0 Å². The van der Waals surface area contributed by atoms with Crippen LogP contribution in [0.4, 0.5) is 0 Å². The molecule has 17 heavy (non-hydrogen) atoms. The summed E-state index contributed by atoms with van der Waals surface area (Å²) in [6.45, 7) is 5.32. The van der Waals surface area contributed by atoms with Crippen molar-refractivity contribution in [3.8, 4) is 0 Å². The SMILES string of the molecule is CCNC(Cc1cnn(C)c1)c1sccc1C. The molecule has 2 heterocycles. The van der Waals surface area contributed by atoms with Gasteiger partial charge in [0.15, 0.2) is 0 Å². The van der Waals surface area contributed by atoms with Crippen LogP contribution in [-0.4, -0.2) is 16.3 Å². The second kappa shape index (κ2) is 5.47. The van der Waals surface area contributed by atoms with Crippen LogP contribution >= 0.6 is 11.3 Å². The van der Waals surface area contributed by atoms with E-state index in [1.54, 1.807) is 0 Å². The fraction of sp³-hybridized carbons (Fsp3) is 0.462. The second-order valence-corrected chi connectivity index (χ2v) is 5.25. The molecule has 3 nitrogen and oxygen atoms in total. The molecule has 0 saturated carbocycles. The maximum absolute atomic E-state index is 4.23. The van der Waals surface area contributed by atoms with Crippen LogP contribution in [0.1, 0.15) is 29.0 Å². The average molecular weight is 249 g/mol. The third kappa shape index (κ3) is 2.96. The first-order chi connectivity index (χ1) is 8.20. The van der Waals surface area contributed by atoms with Crippen LogP contribution < -0.4 is 5.32 Å². The third-order valence-electron chi connectivity index (χ3n) is 2.87. The summed E-state index contributed by atoms with van der Waals surface area (Å²) >= 11 is 1.83. The highest BCUT2D eigenvalue weighted by Crippen LogP contribution is 2.26. The van der Waals surface area contributed by atoms with Crippen LogP contribution in [0.15, 0.2) is 23.8 Å². The van der Waals surface area contributed by atoms with Gasteiger partial charge in [-0.1, -0.05) is 6.92 Å². The van der Waals surface area contributed by atoms with Crippen LogP contribution in [0, 0.1) is 6.92 Å². The summed E-state index contributed by atoms with van der Waals surface area (Å²) in [5, 5.41) is 9.95. The standard InChI is InChI=1S/C13H19N3S/c1-4-14-12(13-10(2)5-6-17-13)7-11-8-15-16(3)9-11/h5-6,8-9,12,14H,4,7H2,1-3H3. The van der Waals surface area contributed by atoms with Crippen molar-refractivity contribution in [3.05, 3.63) is 39.8 Å². The van der Waals surface area contributed by atoms with E-state index in [0.717, 1.165) is 13.0 Å². The smallest absolute Gasteiger partial charge is 0.0522 e. The number of rotatable bonds is 5. The van der Waals surface area contributed by atoms with Gasteiger partial charge in [0.05, 0.1) is 6.20 Å². The van der Waals surface area contributed by atoms with Gasteiger partial charge >= 0.3 is 0 Å². The van der Waals surface area contributed by atoms with E-state index in [1.165, 1.54) is 16.0 Å². The molecule has 0 aliphatic rings. The van der Waals surface area contributed by atoms with Crippen LogP contribution in [0.5, 0.6) is 0 Å². The zero-order valence-electron chi connectivity index (χ0n) is 10.6. The molecule has 2 aromatic rings. The summed E-state index contributed by atoms with van der Waals surface area (Å²) in [6, 6.07) is 2.59. The van der Waals surface area contributed by atoms with Crippen molar-refractivity contribution in [2.45, 2.75) is 26.3 Å². The Morgan fingerprint density at radius 1 is 1.53 bits per heavy atom. The molecule has 2 rings (SSSR count). The van der Waals surface area contributed by atoms with Crippen molar-refractivity contribution in [2.75, 3.05) is 6.54 Å². The number of hydrogen-bond donors (Lipinski definition) is 1. The van der Waals surface area contributed by atoms with Crippen LogP contribution in [0.25, 0.3) is 0 Å². The quantitative estimate of drug-likeness (QED) is 0.883. The minimum Gasteiger partial charge on any atom is -0.309 e. The molecule has 1 N–H and O–H groups in total. The topological polar surface area (TPSA) is 29.9 Å². The Balaban J connectivity index is 2.15. The van der Waals surface area contributed by atoms with Crippen LogP contribution in [0.3, 0.4) is 0 Å². The normalized spacial score (nSPS) is 12.9. The van der Waals surface area contributed by atoms with Gasteiger partial charge < -0.3 is 5.32 Å². The van der Waals surface area contributed by atoms with E-state index < -0.39 is 0 Å². The van der Waals surface area contributed by atoms with E-state index in [-0.39, 0.29) is 0 Å². The molecule has 0 bridgehead atoms. The van der Waals surface area contributed by atoms with Gasteiger partial charge in [-0.25, -0.2) is 0 Å². The third-order valence-corrected chi connectivity index (χ3v) is 4.00. The van der Waals surface area contributed by atoms with Crippen molar-refractivity contribution in [3.63, 3.8) is 0 Å². The Hall–Kier alpha value is -1.13. The molecular weight excluding hydrogens is 230 g/mol. The molecule has 92 valence electrons. The van der Waals surface area contributed by atoms with Gasteiger partial charge in [-0.05, 0) is 42.5 Å². The van der Waals surface area contributed by atoms with Crippen molar-refractivity contribution >= 4 is 11.3 Å². The highest BCUT2D eigenvalue weighted by Gasteiger charge is 2.15. The summed E-state index contributed by atoms with van der Waals surface area (Å²) in [6.07, 6.45) is 5.05. The van der Waals surface area contributed by atoms with Gasteiger partial charge in [-0.2, -0.15) is 5.10 Å². The summed E-state index contributed by atoms with van der Waals surface area (Å²) in [4.78, 5) is 1.44. The predicted octanol–water partition coefficient (Wildman–Crippen LogP) is 2.68. The molecule has 1 unspecified atom stereocenters. The Morgan fingerprint density at radius 3 is 2.88 bits per heavy atom. The molecule has 1 atom stereocenters. The first-order valence-electron chi connectivity index (χ1n) is 5.95. The number of hydrogen-bond acceptors (Lipinski definition) is 3. The van der Waals surface area contributed by atoms with E-state index in [4.69, 9.17) is 0 Å². The van der Waals surface area contributed by atoms with E-state index >= 15 is 0 Å². The number of nitrogens with one attached hydrogen (secondary N) is 1. The largest absolute Gasteiger partial charge is 0.309 e. The van der Waals surface area contributed by atoms with E-state index in [1.807, 2.05) is 29.3 Å². The Morgan fingerprint density at radius 2 is 2.35 bits per heavy atom. The van der Waals surface area contributed by atoms with E-state index in [2.05, 4.69) is 41.9 Å². The van der Waals surface area contributed by atoms with Crippen LogP contribution in [0.2, 0.25) is 0 Å². The molecule has 0 fully saturated rings. The lowest BCUT2D eigenvalue weighted by atomic mass is 10.1. The van der Waals surface area contributed by atoms with Crippen molar-refractivity contribution in [1.82, 2.24) is 15.1 Å². The molecule has 0 aliphatic carbocycles. The second-order valence-electron chi connectivity index (χ2n) is 4.30. The number of nitrogens with zero attached hydrogens (tertiary/aromatic N) is 2. The molecular formula is C13H19N3S.